The van der Waals surface area contributed by atoms with Gasteiger partial charge in [0.25, 0.3) is 5.69 Å². The predicted octanol–water partition coefficient (Wildman–Crippen LogP) is 3.67. The molecule has 2 aromatic heterocycles. The summed E-state index contributed by atoms with van der Waals surface area (Å²) in [5.74, 6) is 0. The summed E-state index contributed by atoms with van der Waals surface area (Å²) >= 11 is 5.44. The van der Waals surface area contributed by atoms with E-state index in [0.717, 1.165) is 11.8 Å². The molecule has 0 spiro atoms. The summed E-state index contributed by atoms with van der Waals surface area (Å²) in [6, 6.07) is 20.9. The molecule has 4 aromatic rings. The van der Waals surface area contributed by atoms with Gasteiger partial charge in [-0.1, -0.05) is 72.3 Å². The summed E-state index contributed by atoms with van der Waals surface area (Å²) in [6.45, 7) is 0. The number of hydrogen-bond acceptors (Lipinski definition) is 8. The zero-order chi connectivity index (χ0) is 24.9. The highest BCUT2D eigenvalue weighted by molar-refractivity contribution is 6.58. The van der Waals surface area contributed by atoms with Crippen LogP contribution in [0.15, 0.2) is 97.6 Å². The van der Waals surface area contributed by atoms with Crippen LogP contribution in [0, 0.1) is 20.2 Å². The van der Waals surface area contributed by atoms with Gasteiger partial charge >= 0.3 is 12.8 Å². The molecule has 10 nitrogen and oxygen atoms in total. The number of aromatic nitrogens is 2. The molecule has 0 bridgehead atoms. The van der Waals surface area contributed by atoms with E-state index in [-0.39, 0.29) is 16.4 Å². The fourth-order valence-electron chi connectivity index (χ4n) is 2.52. The topological polar surface area (TPSA) is 153 Å². The van der Waals surface area contributed by atoms with Crippen molar-refractivity contribution in [2.45, 2.75) is 0 Å². The smallest absolute Gasteiger partial charge is 0.423 e. The van der Waals surface area contributed by atoms with E-state index >= 15 is 0 Å². The monoisotopic (exact) mass is 480 g/mol. The second kappa shape index (κ2) is 13.4. The Balaban J connectivity index is 0.000000189. The Morgan fingerprint density at radius 2 is 1.24 bits per heavy atom. The highest BCUT2D eigenvalue weighted by Crippen LogP contribution is 2.27. The molecule has 0 fully saturated rings. The molecular formula is C22H18BClN4O6. The van der Waals surface area contributed by atoms with Gasteiger partial charge in [0.15, 0.2) is 0 Å². The molecule has 34 heavy (non-hydrogen) atoms. The number of hydrogen-bond donors (Lipinski definition) is 2. The van der Waals surface area contributed by atoms with Crippen LogP contribution in [-0.2, 0) is 0 Å². The van der Waals surface area contributed by atoms with Crippen molar-refractivity contribution in [3.05, 3.63) is 123 Å². The number of benzene rings is 2. The lowest BCUT2D eigenvalue weighted by Crippen LogP contribution is -2.29. The molecule has 0 aliphatic carbocycles. The maximum absolute atomic E-state index is 10.8. The second-order valence-corrected chi connectivity index (χ2v) is 6.79. The third-order valence-corrected chi connectivity index (χ3v) is 4.44. The molecule has 0 radical (unpaired) electrons. The van der Waals surface area contributed by atoms with E-state index < -0.39 is 17.0 Å². The Hall–Kier alpha value is -4.19. The van der Waals surface area contributed by atoms with Gasteiger partial charge in [-0.2, -0.15) is 0 Å². The van der Waals surface area contributed by atoms with Crippen molar-refractivity contribution < 1.29 is 19.9 Å². The van der Waals surface area contributed by atoms with E-state index in [1.54, 1.807) is 36.5 Å². The lowest BCUT2D eigenvalue weighted by molar-refractivity contribution is -0.385. The SMILES string of the molecule is O=[N+]([O-])c1cnccc1-c1ccccc1.O=[N+]([O-])c1cnccc1Cl.OB(O)c1ccccc1. The zero-order valence-corrected chi connectivity index (χ0v) is 18.3. The van der Waals surface area contributed by atoms with Crippen molar-refractivity contribution >= 4 is 35.6 Å². The Kier molecular flexibility index (Phi) is 10.3. The second-order valence-electron chi connectivity index (χ2n) is 6.38. The number of halogens is 1. The molecular weight excluding hydrogens is 463 g/mol. The van der Waals surface area contributed by atoms with E-state index in [2.05, 4.69) is 9.97 Å². The summed E-state index contributed by atoms with van der Waals surface area (Å²) in [4.78, 5) is 27.2. The molecule has 2 N–H and O–H groups in total. The van der Waals surface area contributed by atoms with Gasteiger partial charge in [0.1, 0.15) is 17.4 Å². The van der Waals surface area contributed by atoms with Crippen LogP contribution in [0.2, 0.25) is 5.02 Å². The summed E-state index contributed by atoms with van der Waals surface area (Å²) in [5, 5.41) is 38.1. The van der Waals surface area contributed by atoms with Gasteiger partial charge < -0.3 is 10.0 Å². The van der Waals surface area contributed by atoms with Crippen molar-refractivity contribution in [2.75, 3.05) is 0 Å². The minimum atomic E-state index is -1.34. The van der Waals surface area contributed by atoms with Crippen molar-refractivity contribution in [1.82, 2.24) is 9.97 Å². The van der Waals surface area contributed by atoms with Crippen LogP contribution in [0.5, 0.6) is 0 Å². The van der Waals surface area contributed by atoms with Crippen molar-refractivity contribution in [3.8, 4) is 11.1 Å². The fourth-order valence-corrected chi connectivity index (χ4v) is 2.70. The summed E-state index contributed by atoms with van der Waals surface area (Å²) in [7, 11) is -1.34. The molecule has 0 amide bonds. The van der Waals surface area contributed by atoms with Gasteiger partial charge in [0.05, 0.1) is 15.4 Å². The first-order valence-electron chi connectivity index (χ1n) is 9.60. The van der Waals surface area contributed by atoms with Crippen LogP contribution < -0.4 is 5.46 Å². The molecule has 0 aliphatic heterocycles. The Morgan fingerprint density at radius 3 is 1.68 bits per heavy atom. The minimum absolute atomic E-state index is 0.0312. The Labute approximate surface area is 199 Å². The van der Waals surface area contributed by atoms with Crippen molar-refractivity contribution in [1.29, 1.82) is 0 Å². The number of pyridine rings is 2. The van der Waals surface area contributed by atoms with Crippen molar-refractivity contribution in [3.63, 3.8) is 0 Å². The Bertz CT molecular complexity index is 1220. The van der Waals surface area contributed by atoms with E-state index in [1.165, 1.54) is 18.5 Å². The third-order valence-electron chi connectivity index (χ3n) is 4.12. The molecule has 12 heteroatoms. The van der Waals surface area contributed by atoms with Crippen LogP contribution in [0.3, 0.4) is 0 Å². The maximum Gasteiger partial charge on any atom is 0.488 e. The van der Waals surface area contributed by atoms with E-state index in [1.807, 2.05) is 36.4 Å². The van der Waals surface area contributed by atoms with Gasteiger partial charge in [-0.05, 0) is 23.2 Å². The fraction of sp³-hybridized carbons (Fsp3) is 0. The van der Waals surface area contributed by atoms with Gasteiger partial charge in [-0.25, -0.2) is 0 Å². The largest absolute Gasteiger partial charge is 0.488 e. The average molecular weight is 481 g/mol. The van der Waals surface area contributed by atoms with Crippen molar-refractivity contribution in [2.24, 2.45) is 0 Å². The first kappa shape index (κ1) is 26.1. The maximum atomic E-state index is 10.8. The lowest BCUT2D eigenvalue weighted by atomic mass is 9.81. The summed E-state index contributed by atoms with van der Waals surface area (Å²) in [5.41, 5.74) is 1.81. The normalized spacial score (nSPS) is 9.50. The van der Waals surface area contributed by atoms with Crippen LogP contribution in [-0.4, -0.2) is 37.0 Å². The summed E-state index contributed by atoms with van der Waals surface area (Å²) in [6.07, 6.45) is 5.33. The zero-order valence-electron chi connectivity index (χ0n) is 17.5. The highest BCUT2D eigenvalue weighted by atomic mass is 35.5. The van der Waals surface area contributed by atoms with E-state index in [0.29, 0.717) is 11.0 Å². The van der Waals surface area contributed by atoms with Crippen LogP contribution >= 0.6 is 11.6 Å². The van der Waals surface area contributed by atoms with E-state index in [4.69, 9.17) is 21.6 Å². The number of nitrogens with zero attached hydrogens (tertiary/aromatic N) is 4. The average Bonchev–Trinajstić information content (AvgIpc) is 2.86. The van der Waals surface area contributed by atoms with Gasteiger partial charge in [-0.3, -0.25) is 30.2 Å². The molecule has 0 saturated heterocycles. The van der Waals surface area contributed by atoms with Crippen LogP contribution in [0.1, 0.15) is 0 Å². The number of rotatable bonds is 4. The quantitative estimate of drug-likeness (QED) is 0.255. The molecule has 172 valence electrons. The molecule has 2 aromatic carbocycles. The van der Waals surface area contributed by atoms with Crippen LogP contribution in [0.4, 0.5) is 11.4 Å². The Morgan fingerprint density at radius 1 is 0.735 bits per heavy atom. The van der Waals surface area contributed by atoms with E-state index in [9.17, 15) is 20.2 Å². The molecule has 0 unspecified atom stereocenters. The van der Waals surface area contributed by atoms with Crippen LogP contribution in [0.25, 0.3) is 11.1 Å². The predicted molar refractivity (Wildman–Crippen MR) is 128 cm³/mol. The molecule has 4 rings (SSSR count). The van der Waals surface area contributed by atoms with Gasteiger partial charge in [-0.15, -0.1) is 0 Å². The molecule has 0 atom stereocenters. The van der Waals surface area contributed by atoms with Gasteiger partial charge in [0.2, 0.25) is 0 Å². The van der Waals surface area contributed by atoms with Gasteiger partial charge in [0, 0.05) is 12.4 Å². The molecule has 2 heterocycles. The minimum Gasteiger partial charge on any atom is -0.423 e. The lowest BCUT2D eigenvalue weighted by Gasteiger charge is -2.01. The molecule has 0 aliphatic rings. The first-order valence-corrected chi connectivity index (χ1v) is 9.98. The molecule has 0 saturated carbocycles. The highest BCUT2D eigenvalue weighted by Gasteiger charge is 2.14. The first-order chi connectivity index (χ1) is 16.3. The number of nitro groups is 2. The third kappa shape index (κ3) is 8.06. The summed E-state index contributed by atoms with van der Waals surface area (Å²) < 4.78 is 0. The standard InChI is InChI=1S/C11H8N2O2.C6H7BO2.C5H3ClN2O2/c14-13(15)11-8-12-7-6-10(11)9-4-2-1-3-5-9;8-7(9)6-4-2-1-3-5-6;6-4-1-2-7-3-5(4)8(9)10/h1-8H;1-5,8-9H;1-3H.